The second-order valence-corrected chi connectivity index (χ2v) is 4.56. The minimum atomic E-state index is 0.0874. The van der Waals surface area contributed by atoms with Crippen LogP contribution in [0.4, 0.5) is 5.69 Å². The van der Waals surface area contributed by atoms with Gasteiger partial charge in [0.2, 0.25) is 5.91 Å². The van der Waals surface area contributed by atoms with E-state index in [1.165, 1.54) is 0 Å². The molecule has 4 nitrogen and oxygen atoms in total. The van der Waals surface area contributed by atoms with Crippen molar-refractivity contribution >= 4 is 22.6 Å². The minimum Gasteiger partial charge on any atom is -0.334 e. The molecule has 0 aliphatic carbocycles. The molecule has 0 unspecified atom stereocenters. The van der Waals surface area contributed by atoms with E-state index in [1.54, 1.807) is 6.33 Å². The van der Waals surface area contributed by atoms with Gasteiger partial charge in [-0.15, -0.1) is 0 Å². The Morgan fingerprint density at radius 1 is 1.39 bits per heavy atom. The van der Waals surface area contributed by atoms with E-state index in [9.17, 15) is 4.79 Å². The summed E-state index contributed by atoms with van der Waals surface area (Å²) >= 11 is 0. The first-order valence-electron chi connectivity index (χ1n) is 6.37. The molecule has 1 heterocycles. The van der Waals surface area contributed by atoms with Crippen LogP contribution >= 0.6 is 0 Å². The van der Waals surface area contributed by atoms with Gasteiger partial charge in [-0.1, -0.05) is 13.8 Å². The Bertz CT molecular complexity index is 555. The van der Waals surface area contributed by atoms with Crippen LogP contribution < -0.4 is 5.32 Å². The number of aromatic nitrogens is 2. The van der Waals surface area contributed by atoms with Crippen molar-refractivity contribution in [3.05, 3.63) is 24.5 Å². The van der Waals surface area contributed by atoms with Crippen molar-refractivity contribution < 1.29 is 4.79 Å². The van der Waals surface area contributed by atoms with Crippen LogP contribution in [-0.4, -0.2) is 15.5 Å². The molecule has 0 aliphatic rings. The van der Waals surface area contributed by atoms with E-state index in [2.05, 4.69) is 10.3 Å². The van der Waals surface area contributed by atoms with Crippen LogP contribution in [0.1, 0.15) is 26.7 Å². The van der Waals surface area contributed by atoms with E-state index in [-0.39, 0.29) is 11.8 Å². The lowest BCUT2D eigenvalue weighted by Crippen LogP contribution is -2.21. The summed E-state index contributed by atoms with van der Waals surface area (Å²) in [5, 5.41) is 2.96. The highest BCUT2D eigenvalue weighted by molar-refractivity contribution is 5.94. The monoisotopic (exact) mass is 245 g/mol. The third-order valence-corrected chi connectivity index (χ3v) is 3.35. The van der Waals surface area contributed by atoms with Crippen LogP contribution in [0.25, 0.3) is 11.0 Å². The van der Waals surface area contributed by atoms with Gasteiger partial charge in [-0.25, -0.2) is 4.98 Å². The second kappa shape index (κ2) is 5.21. The fraction of sp³-hybridized carbons (Fsp3) is 0.429. The SMILES string of the molecule is CCC(CC)C(=O)Nc1ccc2c(c1)ncn2C. The van der Waals surface area contributed by atoms with E-state index >= 15 is 0 Å². The lowest BCUT2D eigenvalue weighted by Gasteiger charge is -2.12. The minimum absolute atomic E-state index is 0.0874. The summed E-state index contributed by atoms with van der Waals surface area (Å²) in [6.45, 7) is 4.07. The molecule has 0 saturated carbocycles. The zero-order valence-electron chi connectivity index (χ0n) is 11.1. The van der Waals surface area contributed by atoms with Crippen LogP contribution in [0.15, 0.2) is 24.5 Å². The highest BCUT2D eigenvalue weighted by Crippen LogP contribution is 2.19. The quantitative estimate of drug-likeness (QED) is 0.900. The number of benzene rings is 1. The Morgan fingerprint density at radius 2 is 2.11 bits per heavy atom. The third kappa shape index (κ3) is 2.37. The molecular weight excluding hydrogens is 226 g/mol. The lowest BCUT2D eigenvalue weighted by atomic mass is 10.0. The van der Waals surface area contributed by atoms with Gasteiger partial charge in [0.05, 0.1) is 17.4 Å². The molecule has 1 aromatic carbocycles. The number of aryl methyl sites for hydroxylation is 1. The summed E-state index contributed by atoms with van der Waals surface area (Å²) in [5.74, 6) is 0.180. The molecule has 18 heavy (non-hydrogen) atoms. The second-order valence-electron chi connectivity index (χ2n) is 4.56. The Hall–Kier alpha value is -1.84. The zero-order valence-corrected chi connectivity index (χ0v) is 11.1. The van der Waals surface area contributed by atoms with Gasteiger partial charge in [-0.2, -0.15) is 0 Å². The molecule has 0 atom stereocenters. The number of carbonyl (C=O) groups excluding carboxylic acids is 1. The zero-order chi connectivity index (χ0) is 13.1. The molecule has 1 aromatic heterocycles. The molecule has 1 N–H and O–H groups in total. The van der Waals surface area contributed by atoms with Gasteiger partial charge in [0.1, 0.15) is 0 Å². The predicted molar refractivity (Wildman–Crippen MR) is 73.4 cm³/mol. The molecule has 0 fully saturated rings. The average Bonchev–Trinajstić information content (AvgIpc) is 2.72. The summed E-state index contributed by atoms with van der Waals surface area (Å²) in [7, 11) is 1.96. The number of anilines is 1. The number of fused-ring (bicyclic) bond motifs is 1. The van der Waals surface area contributed by atoms with E-state index in [1.807, 2.05) is 43.7 Å². The topological polar surface area (TPSA) is 46.9 Å². The van der Waals surface area contributed by atoms with E-state index in [4.69, 9.17) is 0 Å². The summed E-state index contributed by atoms with van der Waals surface area (Å²) in [6, 6.07) is 5.81. The number of nitrogens with zero attached hydrogens (tertiary/aromatic N) is 2. The molecule has 2 rings (SSSR count). The standard InChI is InChI=1S/C14H19N3O/c1-4-10(5-2)14(18)16-11-6-7-13-12(8-11)15-9-17(13)3/h6-10H,4-5H2,1-3H3,(H,16,18). The van der Waals surface area contributed by atoms with Gasteiger partial charge in [0, 0.05) is 18.7 Å². The third-order valence-electron chi connectivity index (χ3n) is 3.35. The maximum absolute atomic E-state index is 12.0. The van der Waals surface area contributed by atoms with Gasteiger partial charge in [-0.3, -0.25) is 4.79 Å². The fourth-order valence-electron chi connectivity index (χ4n) is 2.12. The highest BCUT2D eigenvalue weighted by Gasteiger charge is 2.14. The van der Waals surface area contributed by atoms with Gasteiger partial charge < -0.3 is 9.88 Å². The first-order chi connectivity index (χ1) is 8.65. The number of hydrogen-bond acceptors (Lipinski definition) is 2. The lowest BCUT2D eigenvalue weighted by molar-refractivity contribution is -0.120. The maximum atomic E-state index is 12.0. The van der Waals surface area contributed by atoms with Gasteiger partial charge in [0.15, 0.2) is 0 Å². The number of hydrogen-bond donors (Lipinski definition) is 1. The molecule has 0 aliphatic heterocycles. The molecule has 96 valence electrons. The predicted octanol–water partition coefficient (Wildman–Crippen LogP) is 2.95. The molecule has 0 spiro atoms. The Kier molecular flexibility index (Phi) is 3.65. The van der Waals surface area contributed by atoms with Gasteiger partial charge in [0.25, 0.3) is 0 Å². The van der Waals surface area contributed by atoms with Crippen LogP contribution in [0.5, 0.6) is 0 Å². The normalized spacial score (nSPS) is 11.1. The Morgan fingerprint density at radius 3 is 2.78 bits per heavy atom. The van der Waals surface area contributed by atoms with Crippen LogP contribution in [0, 0.1) is 5.92 Å². The number of imidazole rings is 1. The number of carbonyl (C=O) groups is 1. The van der Waals surface area contributed by atoms with Crippen molar-refractivity contribution in [1.82, 2.24) is 9.55 Å². The van der Waals surface area contributed by atoms with Crippen LogP contribution in [-0.2, 0) is 11.8 Å². The summed E-state index contributed by atoms with van der Waals surface area (Å²) < 4.78 is 1.96. The maximum Gasteiger partial charge on any atom is 0.227 e. The largest absolute Gasteiger partial charge is 0.334 e. The fourth-order valence-corrected chi connectivity index (χ4v) is 2.12. The number of rotatable bonds is 4. The van der Waals surface area contributed by atoms with Gasteiger partial charge in [-0.05, 0) is 31.0 Å². The molecule has 0 saturated heterocycles. The molecule has 4 heteroatoms. The van der Waals surface area contributed by atoms with E-state index < -0.39 is 0 Å². The smallest absolute Gasteiger partial charge is 0.227 e. The first kappa shape index (κ1) is 12.6. The van der Waals surface area contributed by atoms with Crippen molar-refractivity contribution in [3.8, 4) is 0 Å². The Labute approximate surface area is 107 Å². The van der Waals surface area contributed by atoms with Crippen LogP contribution in [0.2, 0.25) is 0 Å². The van der Waals surface area contributed by atoms with Crippen LogP contribution in [0.3, 0.4) is 0 Å². The molecule has 0 radical (unpaired) electrons. The first-order valence-corrected chi connectivity index (χ1v) is 6.37. The van der Waals surface area contributed by atoms with Crippen molar-refractivity contribution in [2.24, 2.45) is 13.0 Å². The van der Waals surface area contributed by atoms with Crippen molar-refractivity contribution in [3.63, 3.8) is 0 Å². The van der Waals surface area contributed by atoms with Crippen molar-refractivity contribution in [2.45, 2.75) is 26.7 Å². The number of amides is 1. The van der Waals surface area contributed by atoms with E-state index in [0.29, 0.717) is 0 Å². The highest BCUT2D eigenvalue weighted by atomic mass is 16.1. The summed E-state index contributed by atoms with van der Waals surface area (Å²) in [6.07, 6.45) is 3.51. The number of nitrogens with one attached hydrogen (secondary N) is 1. The van der Waals surface area contributed by atoms with Crippen molar-refractivity contribution in [1.29, 1.82) is 0 Å². The average molecular weight is 245 g/mol. The van der Waals surface area contributed by atoms with Gasteiger partial charge >= 0.3 is 0 Å². The molecule has 2 aromatic rings. The summed E-state index contributed by atoms with van der Waals surface area (Å²) in [5.41, 5.74) is 2.79. The summed E-state index contributed by atoms with van der Waals surface area (Å²) in [4.78, 5) is 16.3. The molecular formula is C14H19N3O. The van der Waals surface area contributed by atoms with E-state index in [0.717, 1.165) is 29.6 Å². The molecule has 0 bridgehead atoms. The Balaban J connectivity index is 2.19. The van der Waals surface area contributed by atoms with Crippen molar-refractivity contribution in [2.75, 3.05) is 5.32 Å². The molecule has 1 amide bonds.